The summed E-state index contributed by atoms with van der Waals surface area (Å²) in [4.78, 5) is 15.8. The number of carbonyl (C=O) groups is 1. The van der Waals surface area contributed by atoms with E-state index in [9.17, 15) is 4.79 Å². The maximum atomic E-state index is 11.7. The minimum absolute atomic E-state index is 0.0890. The minimum Gasteiger partial charge on any atom is -0.378 e. The van der Waals surface area contributed by atoms with Crippen LogP contribution in [0.4, 0.5) is 0 Å². The Morgan fingerprint density at radius 2 is 2.44 bits per heavy atom. The second-order valence-electron chi connectivity index (χ2n) is 4.76. The first-order valence-corrected chi connectivity index (χ1v) is 6.54. The lowest BCUT2D eigenvalue weighted by Crippen LogP contribution is -2.24. The molecule has 1 amide bonds. The van der Waals surface area contributed by atoms with Gasteiger partial charge in [-0.3, -0.25) is 9.78 Å². The summed E-state index contributed by atoms with van der Waals surface area (Å²) >= 11 is 0. The lowest BCUT2D eigenvalue weighted by molar-refractivity contribution is -0.121. The molecule has 1 saturated heterocycles. The van der Waals surface area contributed by atoms with Crippen molar-refractivity contribution in [3.05, 3.63) is 29.6 Å². The molecule has 1 aromatic rings. The molecule has 1 aliphatic heterocycles. The minimum atomic E-state index is 0.0890. The molecule has 1 N–H and O–H groups in total. The van der Waals surface area contributed by atoms with Gasteiger partial charge in [-0.1, -0.05) is 6.07 Å². The molecule has 1 fully saturated rings. The fourth-order valence-electron chi connectivity index (χ4n) is 2.06. The topological polar surface area (TPSA) is 51.2 Å². The van der Waals surface area contributed by atoms with Crippen LogP contribution in [-0.4, -0.2) is 23.6 Å². The Hall–Kier alpha value is -1.42. The quantitative estimate of drug-likeness (QED) is 0.866. The predicted octanol–water partition coefficient (Wildman–Crippen LogP) is 1.97. The van der Waals surface area contributed by atoms with Gasteiger partial charge in [0.25, 0.3) is 0 Å². The second-order valence-corrected chi connectivity index (χ2v) is 4.76. The van der Waals surface area contributed by atoms with Crippen LogP contribution in [0.3, 0.4) is 0 Å². The third-order valence-corrected chi connectivity index (χ3v) is 3.18. The van der Waals surface area contributed by atoms with E-state index >= 15 is 0 Å². The van der Waals surface area contributed by atoms with Crippen LogP contribution in [0.15, 0.2) is 18.3 Å². The Kier molecular flexibility index (Phi) is 4.70. The molecule has 0 spiro atoms. The van der Waals surface area contributed by atoms with Crippen LogP contribution in [0.2, 0.25) is 0 Å². The third kappa shape index (κ3) is 4.11. The molecule has 1 aliphatic rings. The van der Waals surface area contributed by atoms with E-state index in [1.165, 1.54) is 0 Å². The van der Waals surface area contributed by atoms with Crippen molar-refractivity contribution in [2.24, 2.45) is 0 Å². The van der Waals surface area contributed by atoms with E-state index in [1.807, 2.05) is 19.1 Å². The molecule has 98 valence electrons. The van der Waals surface area contributed by atoms with Crippen LogP contribution in [0, 0.1) is 6.92 Å². The molecule has 2 rings (SSSR count). The highest BCUT2D eigenvalue weighted by molar-refractivity contribution is 5.75. The van der Waals surface area contributed by atoms with Crippen LogP contribution < -0.4 is 5.32 Å². The van der Waals surface area contributed by atoms with Crippen LogP contribution in [0.1, 0.15) is 36.9 Å². The lowest BCUT2D eigenvalue weighted by atomic mass is 10.1. The highest BCUT2D eigenvalue weighted by atomic mass is 16.5. The second kappa shape index (κ2) is 6.50. The molecular formula is C14H20N2O2. The molecule has 0 aromatic carbocycles. The van der Waals surface area contributed by atoms with Crippen molar-refractivity contribution in [1.82, 2.24) is 10.3 Å². The van der Waals surface area contributed by atoms with Crippen molar-refractivity contribution >= 4 is 5.91 Å². The zero-order valence-electron chi connectivity index (χ0n) is 10.8. The Morgan fingerprint density at radius 1 is 1.56 bits per heavy atom. The van der Waals surface area contributed by atoms with Crippen LogP contribution in [0.25, 0.3) is 0 Å². The highest BCUT2D eigenvalue weighted by Crippen LogP contribution is 2.16. The molecular weight excluding hydrogens is 228 g/mol. The van der Waals surface area contributed by atoms with Gasteiger partial charge in [0.05, 0.1) is 6.10 Å². The number of aromatic nitrogens is 1. The van der Waals surface area contributed by atoms with E-state index in [4.69, 9.17) is 4.74 Å². The molecule has 0 bridgehead atoms. The Balaban J connectivity index is 1.66. The molecule has 18 heavy (non-hydrogen) atoms. The monoisotopic (exact) mass is 248 g/mol. The first kappa shape index (κ1) is 13.0. The molecule has 0 unspecified atom stereocenters. The maximum absolute atomic E-state index is 11.7. The number of aryl methyl sites for hydroxylation is 1. The standard InChI is InChI=1S/C14H20N2O2/c1-11-4-5-12(9-15-11)10-16-14(17)7-6-13-3-2-8-18-13/h4-5,9,13H,2-3,6-8,10H2,1H3,(H,16,17)/t13-/m1/s1. The fourth-order valence-corrected chi connectivity index (χ4v) is 2.06. The zero-order chi connectivity index (χ0) is 12.8. The van der Waals surface area contributed by atoms with Gasteiger partial charge < -0.3 is 10.1 Å². The average Bonchev–Trinajstić information content (AvgIpc) is 2.89. The van der Waals surface area contributed by atoms with E-state index in [0.717, 1.165) is 37.1 Å². The van der Waals surface area contributed by atoms with Crippen molar-refractivity contribution in [2.75, 3.05) is 6.61 Å². The summed E-state index contributed by atoms with van der Waals surface area (Å²) in [5.41, 5.74) is 2.02. The largest absolute Gasteiger partial charge is 0.378 e. The summed E-state index contributed by atoms with van der Waals surface area (Å²) < 4.78 is 5.49. The molecule has 0 aliphatic carbocycles. The normalized spacial score (nSPS) is 18.8. The number of hydrogen-bond donors (Lipinski definition) is 1. The predicted molar refractivity (Wildman–Crippen MR) is 69.0 cm³/mol. The fraction of sp³-hybridized carbons (Fsp3) is 0.571. The van der Waals surface area contributed by atoms with E-state index in [1.54, 1.807) is 6.20 Å². The number of nitrogens with one attached hydrogen (secondary N) is 1. The van der Waals surface area contributed by atoms with Crippen LogP contribution in [-0.2, 0) is 16.1 Å². The summed E-state index contributed by atoms with van der Waals surface area (Å²) in [6.07, 6.45) is 5.69. The van der Waals surface area contributed by atoms with Gasteiger partial charge in [0, 0.05) is 31.5 Å². The summed E-state index contributed by atoms with van der Waals surface area (Å²) in [6.45, 7) is 3.35. The van der Waals surface area contributed by atoms with Crippen LogP contribution >= 0.6 is 0 Å². The third-order valence-electron chi connectivity index (χ3n) is 3.18. The van der Waals surface area contributed by atoms with Crippen molar-refractivity contribution in [2.45, 2.75) is 45.3 Å². The molecule has 2 heterocycles. The average molecular weight is 248 g/mol. The van der Waals surface area contributed by atoms with E-state index in [2.05, 4.69) is 10.3 Å². The lowest BCUT2D eigenvalue weighted by Gasteiger charge is -2.09. The molecule has 1 atom stereocenters. The molecule has 0 radical (unpaired) electrons. The number of ether oxygens (including phenoxy) is 1. The molecule has 0 saturated carbocycles. The van der Waals surface area contributed by atoms with Crippen LogP contribution in [0.5, 0.6) is 0 Å². The number of rotatable bonds is 5. The number of nitrogens with zero attached hydrogens (tertiary/aromatic N) is 1. The van der Waals surface area contributed by atoms with E-state index in [-0.39, 0.29) is 12.0 Å². The van der Waals surface area contributed by atoms with E-state index < -0.39 is 0 Å². The van der Waals surface area contributed by atoms with Gasteiger partial charge in [-0.25, -0.2) is 0 Å². The van der Waals surface area contributed by atoms with Crippen molar-refractivity contribution < 1.29 is 9.53 Å². The Labute approximate surface area is 108 Å². The van der Waals surface area contributed by atoms with E-state index in [0.29, 0.717) is 13.0 Å². The summed E-state index contributed by atoms with van der Waals surface area (Å²) in [6, 6.07) is 3.94. The zero-order valence-corrected chi connectivity index (χ0v) is 10.8. The SMILES string of the molecule is Cc1ccc(CNC(=O)CC[C@H]2CCCO2)cn1. The summed E-state index contributed by atoms with van der Waals surface area (Å²) in [5, 5.41) is 2.91. The number of hydrogen-bond acceptors (Lipinski definition) is 3. The van der Waals surface area contributed by atoms with Gasteiger partial charge in [-0.05, 0) is 37.8 Å². The Morgan fingerprint density at radius 3 is 3.11 bits per heavy atom. The van der Waals surface area contributed by atoms with Gasteiger partial charge in [0.2, 0.25) is 5.91 Å². The summed E-state index contributed by atoms with van der Waals surface area (Å²) in [7, 11) is 0. The number of amides is 1. The van der Waals surface area contributed by atoms with Gasteiger partial charge >= 0.3 is 0 Å². The van der Waals surface area contributed by atoms with Gasteiger partial charge in [0.1, 0.15) is 0 Å². The van der Waals surface area contributed by atoms with Crippen molar-refractivity contribution in [1.29, 1.82) is 0 Å². The number of carbonyl (C=O) groups excluding carboxylic acids is 1. The molecule has 4 heteroatoms. The maximum Gasteiger partial charge on any atom is 0.220 e. The smallest absolute Gasteiger partial charge is 0.220 e. The first-order chi connectivity index (χ1) is 8.74. The Bertz CT molecular complexity index is 383. The highest BCUT2D eigenvalue weighted by Gasteiger charge is 2.16. The number of pyridine rings is 1. The van der Waals surface area contributed by atoms with Gasteiger partial charge in [-0.2, -0.15) is 0 Å². The molecule has 1 aromatic heterocycles. The van der Waals surface area contributed by atoms with Gasteiger partial charge in [0.15, 0.2) is 0 Å². The van der Waals surface area contributed by atoms with Crippen molar-refractivity contribution in [3.8, 4) is 0 Å². The molecule has 4 nitrogen and oxygen atoms in total. The van der Waals surface area contributed by atoms with Crippen molar-refractivity contribution in [3.63, 3.8) is 0 Å². The van der Waals surface area contributed by atoms with Gasteiger partial charge in [-0.15, -0.1) is 0 Å². The first-order valence-electron chi connectivity index (χ1n) is 6.54. The summed E-state index contributed by atoms with van der Waals surface area (Å²) in [5.74, 6) is 0.0890.